The lowest BCUT2D eigenvalue weighted by Gasteiger charge is -2.35. The highest BCUT2D eigenvalue weighted by atomic mass is 79.9. The van der Waals surface area contributed by atoms with Crippen molar-refractivity contribution in [2.24, 2.45) is 0 Å². The van der Waals surface area contributed by atoms with Crippen LogP contribution in [0.2, 0.25) is 0 Å². The van der Waals surface area contributed by atoms with Crippen LogP contribution in [0.3, 0.4) is 0 Å². The van der Waals surface area contributed by atoms with Crippen LogP contribution in [-0.2, 0) is 16.4 Å². The lowest BCUT2D eigenvalue weighted by molar-refractivity contribution is 0.565. The molecule has 20 heavy (non-hydrogen) atoms. The van der Waals surface area contributed by atoms with Gasteiger partial charge >= 0.3 is 0 Å². The first-order valence-corrected chi connectivity index (χ1v) is 9.36. The summed E-state index contributed by atoms with van der Waals surface area (Å²) in [6, 6.07) is 2.00. The predicted molar refractivity (Wildman–Crippen MR) is 84.8 cm³/mol. The van der Waals surface area contributed by atoms with E-state index in [1.807, 2.05) is 13.0 Å². The second-order valence-corrected chi connectivity index (χ2v) is 8.22. The van der Waals surface area contributed by atoms with Crippen molar-refractivity contribution in [3.05, 3.63) is 22.3 Å². The SMILES string of the molecule is CCNCc1cc(Br)cnc1N1CCS(=O)(=O)CC1C. The molecule has 0 bridgehead atoms. The molecule has 7 heteroatoms. The third-order valence-corrected chi connectivity index (χ3v) is 5.65. The Balaban J connectivity index is 2.27. The Bertz CT molecular complexity index is 577. The average Bonchev–Trinajstić information content (AvgIpc) is 2.36. The number of nitrogens with one attached hydrogen (secondary N) is 1. The van der Waals surface area contributed by atoms with Crippen molar-refractivity contribution in [1.29, 1.82) is 0 Å². The van der Waals surface area contributed by atoms with Crippen molar-refractivity contribution in [1.82, 2.24) is 10.3 Å². The van der Waals surface area contributed by atoms with Crippen LogP contribution in [0.5, 0.6) is 0 Å². The Morgan fingerprint density at radius 2 is 2.30 bits per heavy atom. The van der Waals surface area contributed by atoms with Gasteiger partial charge in [0.2, 0.25) is 0 Å². The van der Waals surface area contributed by atoms with Crippen LogP contribution in [0.1, 0.15) is 19.4 Å². The second-order valence-electron chi connectivity index (χ2n) is 5.07. The Morgan fingerprint density at radius 3 is 2.95 bits per heavy atom. The molecular formula is C13H20BrN3O2S. The highest BCUT2D eigenvalue weighted by Gasteiger charge is 2.30. The Labute approximate surface area is 128 Å². The van der Waals surface area contributed by atoms with Crippen LogP contribution in [0, 0.1) is 0 Å². The molecule has 112 valence electrons. The number of pyridine rings is 1. The van der Waals surface area contributed by atoms with Crippen molar-refractivity contribution in [2.45, 2.75) is 26.4 Å². The van der Waals surface area contributed by atoms with E-state index in [0.29, 0.717) is 6.54 Å². The summed E-state index contributed by atoms with van der Waals surface area (Å²) < 4.78 is 24.3. The summed E-state index contributed by atoms with van der Waals surface area (Å²) >= 11 is 3.44. The first-order chi connectivity index (χ1) is 9.43. The van der Waals surface area contributed by atoms with Gasteiger partial charge in [-0.25, -0.2) is 13.4 Å². The monoisotopic (exact) mass is 361 g/mol. The topological polar surface area (TPSA) is 62.3 Å². The first kappa shape index (κ1) is 15.7. The largest absolute Gasteiger partial charge is 0.352 e. The molecule has 1 aliphatic rings. The maximum Gasteiger partial charge on any atom is 0.154 e. The van der Waals surface area contributed by atoms with Crippen molar-refractivity contribution in [2.75, 3.05) is 29.5 Å². The first-order valence-electron chi connectivity index (χ1n) is 6.75. The second kappa shape index (κ2) is 6.41. The van der Waals surface area contributed by atoms with E-state index in [9.17, 15) is 8.42 Å². The lowest BCUT2D eigenvalue weighted by Crippen LogP contribution is -2.47. The van der Waals surface area contributed by atoms with Gasteiger partial charge in [0.25, 0.3) is 0 Å². The molecule has 0 spiro atoms. The summed E-state index contributed by atoms with van der Waals surface area (Å²) in [5.74, 6) is 1.29. The molecule has 1 fully saturated rings. The maximum atomic E-state index is 11.7. The molecule has 0 radical (unpaired) electrons. The molecule has 5 nitrogen and oxygen atoms in total. The van der Waals surface area contributed by atoms with Gasteiger partial charge in [0.1, 0.15) is 5.82 Å². The maximum absolute atomic E-state index is 11.7. The normalized spacial score (nSPS) is 21.9. The van der Waals surface area contributed by atoms with E-state index >= 15 is 0 Å². The van der Waals surface area contributed by atoms with Gasteiger partial charge in [0.05, 0.1) is 11.5 Å². The van der Waals surface area contributed by atoms with Crippen LogP contribution in [0.15, 0.2) is 16.7 Å². The van der Waals surface area contributed by atoms with Gasteiger partial charge in [-0.15, -0.1) is 0 Å². The summed E-state index contributed by atoms with van der Waals surface area (Å²) in [6.07, 6.45) is 1.76. The molecule has 2 rings (SSSR count). The van der Waals surface area contributed by atoms with Crippen LogP contribution >= 0.6 is 15.9 Å². The molecule has 1 N–H and O–H groups in total. The molecule has 1 aromatic heterocycles. The Kier molecular flexibility index (Phi) is 5.04. The number of sulfone groups is 1. The van der Waals surface area contributed by atoms with Gasteiger partial charge in [-0.1, -0.05) is 6.92 Å². The smallest absolute Gasteiger partial charge is 0.154 e. The van der Waals surface area contributed by atoms with E-state index in [1.54, 1.807) is 6.20 Å². The van der Waals surface area contributed by atoms with Gasteiger partial charge in [0.15, 0.2) is 9.84 Å². The highest BCUT2D eigenvalue weighted by Crippen LogP contribution is 2.25. The van der Waals surface area contributed by atoms with E-state index in [4.69, 9.17) is 0 Å². The van der Waals surface area contributed by atoms with Gasteiger partial charge < -0.3 is 10.2 Å². The Morgan fingerprint density at radius 1 is 1.55 bits per heavy atom. The fraction of sp³-hybridized carbons (Fsp3) is 0.615. The minimum absolute atomic E-state index is 0.0391. The third kappa shape index (κ3) is 3.71. The molecular weight excluding hydrogens is 342 g/mol. The van der Waals surface area contributed by atoms with E-state index in [0.717, 1.165) is 28.9 Å². The van der Waals surface area contributed by atoms with Gasteiger partial charge in [-0.05, 0) is 35.5 Å². The van der Waals surface area contributed by atoms with Crippen molar-refractivity contribution < 1.29 is 8.42 Å². The number of anilines is 1. The number of rotatable bonds is 4. The molecule has 1 aromatic rings. The van der Waals surface area contributed by atoms with Gasteiger partial charge in [-0.3, -0.25) is 0 Å². The molecule has 0 amide bonds. The minimum atomic E-state index is -2.91. The zero-order valence-electron chi connectivity index (χ0n) is 11.8. The highest BCUT2D eigenvalue weighted by molar-refractivity contribution is 9.10. The summed E-state index contributed by atoms with van der Waals surface area (Å²) in [4.78, 5) is 6.59. The number of halogens is 1. The van der Waals surface area contributed by atoms with Crippen molar-refractivity contribution >= 4 is 31.6 Å². The molecule has 1 saturated heterocycles. The zero-order chi connectivity index (χ0) is 14.8. The van der Waals surface area contributed by atoms with Crippen molar-refractivity contribution in [3.63, 3.8) is 0 Å². The van der Waals surface area contributed by atoms with Crippen LogP contribution < -0.4 is 10.2 Å². The zero-order valence-corrected chi connectivity index (χ0v) is 14.2. The molecule has 1 unspecified atom stereocenters. The van der Waals surface area contributed by atoms with E-state index < -0.39 is 9.84 Å². The lowest BCUT2D eigenvalue weighted by atomic mass is 10.2. The number of hydrogen-bond acceptors (Lipinski definition) is 5. The van der Waals surface area contributed by atoms with Crippen LogP contribution in [0.25, 0.3) is 0 Å². The average molecular weight is 362 g/mol. The fourth-order valence-electron chi connectivity index (χ4n) is 2.44. The van der Waals surface area contributed by atoms with Gasteiger partial charge in [-0.2, -0.15) is 0 Å². The molecule has 2 heterocycles. The summed E-state index contributed by atoms with van der Waals surface area (Å²) in [7, 11) is -2.91. The standard InChI is InChI=1S/C13H20BrN3O2S/c1-3-15-7-11-6-12(14)8-16-13(11)17-4-5-20(18,19)9-10(17)2/h6,8,10,15H,3-5,7,9H2,1-2H3. The Hall–Kier alpha value is -0.660. The predicted octanol–water partition coefficient (Wildman–Crippen LogP) is 1.58. The number of hydrogen-bond donors (Lipinski definition) is 1. The number of aromatic nitrogens is 1. The van der Waals surface area contributed by atoms with E-state index in [1.165, 1.54) is 0 Å². The summed E-state index contributed by atoms with van der Waals surface area (Å²) in [6.45, 7) is 6.13. The molecule has 0 aliphatic carbocycles. The van der Waals surface area contributed by atoms with E-state index in [2.05, 4.69) is 38.1 Å². The number of nitrogens with zero attached hydrogens (tertiary/aromatic N) is 2. The van der Waals surface area contributed by atoms with E-state index in [-0.39, 0.29) is 17.5 Å². The molecule has 0 saturated carbocycles. The van der Waals surface area contributed by atoms with Gasteiger partial charge in [0, 0.05) is 35.4 Å². The molecule has 1 aliphatic heterocycles. The molecule has 0 aromatic carbocycles. The molecule has 1 atom stereocenters. The summed E-state index contributed by atoms with van der Waals surface area (Å²) in [5, 5.41) is 3.30. The summed E-state index contributed by atoms with van der Waals surface area (Å²) in [5.41, 5.74) is 1.09. The fourth-order valence-corrected chi connectivity index (χ4v) is 4.37. The third-order valence-electron chi connectivity index (χ3n) is 3.42. The quantitative estimate of drug-likeness (QED) is 0.881. The van der Waals surface area contributed by atoms with Crippen LogP contribution in [0.4, 0.5) is 5.82 Å². The van der Waals surface area contributed by atoms with Crippen LogP contribution in [-0.4, -0.2) is 44.0 Å². The minimum Gasteiger partial charge on any atom is -0.352 e. The van der Waals surface area contributed by atoms with Crippen molar-refractivity contribution in [3.8, 4) is 0 Å².